The molecule has 1 saturated heterocycles. The van der Waals surface area contributed by atoms with Crippen molar-refractivity contribution >= 4 is 0 Å². The van der Waals surface area contributed by atoms with Crippen molar-refractivity contribution < 1.29 is 4.84 Å². The van der Waals surface area contributed by atoms with Gasteiger partial charge in [0, 0.05) is 18.6 Å². The molecule has 0 saturated carbocycles. The predicted molar refractivity (Wildman–Crippen MR) is 69.2 cm³/mol. The minimum absolute atomic E-state index is 0.307. The van der Waals surface area contributed by atoms with E-state index in [2.05, 4.69) is 31.0 Å². The maximum atomic E-state index is 6.06. The molecule has 1 aromatic rings. The van der Waals surface area contributed by atoms with E-state index in [-0.39, 0.29) is 0 Å². The molecule has 2 N–H and O–H groups in total. The van der Waals surface area contributed by atoms with Crippen molar-refractivity contribution in [1.82, 2.24) is 5.06 Å². The van der Waals surface area contributed by atoms with Gasteiger partial charge in [-0.25, -0.2) is 0 Å². The average Bonchev–Trinajstić information content (AvgIpc) is 2.36. The van der Waals surface area contributed by atoms with Crippen LogP contribution in [0, 0.1) is 5.92 Å². The Kier molecular flexibility index (Phi) is 4.15. The van der Waals surface area contributed by atoms with Crippen molar-refractivity contribution in [3.8, 4) is 0 Å². The van der Waals surface area contributed by atoms with E-state index >= 15 is 0 Å². The average molecular weight is 234 g/mol. The largest absolute Gasteiger partial charge is 0.327 e. The van der Waals surface area contributed by atoms with Gasteiger partial charge in [0.1, 0.15) is 0 Å². The van der Waals surface area contributed by atoms with Crippen molar-refractivity contribution in [3.05, 3.63) is 35.9 Å². The van der Waals surface area contributed by atoms with Crippen molar-refractivity contribution in [2.75, 3.05) is 6.54 Å². The monoisotopic (exact) mass is 234 g/mol. The van der Waals surface area contributed by atoms with Crippen LogP contribution in [0.25, 0.3) is 0 Å². The Balaban J connectivity index is 1.87. The molecule has 1 aliphatic rings. The summed E-state index contributed by atoms with van der Waals surface area (Å²) in [5.41, 5.74) is 7.27. The van der Waals surface area contributed by atoms with Crippen LogP contribution in [0.4, 0.5) is 0 Å². The molecule has 1 aromatic carbocycles. The van der Waals surface area contributed by atoms with E-state index in [1.807, 2.05) is 18.2 Å². The van der Waals surface area contributed by atoms with Crippen molar-refractivity contribution in [3.63, 3.8) is 0 Å². The molecular formula is C14H22N2O. The zero-order chi connectivity index (χ0) is 12.3. The topological polar surface area (TPSA) is 38.5 Å². The molecule has 3 nitrogen and oxygen atoms in total. The van der Waals surface area contributed by atoms with Crippen LogP contribution in [-0.4, -0.2) is 23.7 Å². The van der Waals surface area contributed by atoms with Gasteiger partial charge in [-0.3, -0.25) is 4.84 Å². The second kappa shape index (κ2) is 5.63. The first-order chi connectivity index (χ1) is 8.18. The summed E-state index contributed by atoms with van der Waals surface area (Å²) in [6.45, 7) is 5.97. The second-order valence-electron chi connectivity index (χ2n) is 4.95. The van der Waals surface area contributed by atoms with Gasteiger partial charge in [0.25, 0.3) is 0 Å². The third-order valence-electron chi connectivity index (χ3n) is 3.81. The third kappa shape index (κ3) is 3.06. The van der Waals surface area contributed by atoms with Gasteiger partial charge in [-0.1, -0.05) is 37.3 Å². The molecule has 0 amide bonds. The lowest BCUT2D eigenvalue weighted by atomic mass is 9.89. The van der Waals surface area contributed by atoms with E-state index in [0.717, 1.165) is 13.0 Å². The molecule has 3 atom stereocenters. The number of hydrogen-bond donors (Lipinski definition) is 1. The first-order valence-electron chi connectivity index (χ1n) is 6.37. The summed E-state index contributed by atoms with van der Waals surface area (Å²) in [6.07, 6.45) is 1.01. The molecule has 94 valence electrons. The fraction of sp³-hybridized carbons (Fsp3) is 0.571. The lowest BCUT2D eigenvalue weighted by molar-refractivity contribution is -0.216. The van der Waals surface area contributed by atoms with E-state index in [9.17, 15) is 0 Å². The minimum Gasteiger partial charge on any atom is -0.327 e. The highest BCUT2D eigenvalue weighted by atomic mass is 16.7. The molecule has 0 aliphatic carbocycles. The van der Waals surface area contributed by atoms with E-state index in [4.69, 9.17) is 10.6 Å². The summed E-state index contributed by atoms with van der Waals surface area (Å²) in [5, 5.41) is 2.08. The summed E-state index contributed by atoms with van der Waals surface area (Å²) in [4.78, 5) is 5.88. The van der Waals surface area contributed by atoms with Crippen LogP contribution in [-0.2, 0) is 11.4 Å². The van der Waals surface area contributed by atoms with Gasteiger partial charge in [0.15, 0.2) is 0 Å². The molecule has 1 heterocycles. The number of hydrogen-bond acceptors (Lipinski definition) is 3. The van der Waals surface area contributed by atoms with E-state index in [1.165, 1.54) is 5.56 Å². The molecule has 2 rings (SSSR count). The molecule has 3 unspecified atom stereocenters. The summed E-state index contributed by atoms with van der Waals surface area (Å²) in [5.74, 6) is 0.486. The number of nitrogens with zero attached hydrogens (tertiary/aromatic N) is 1. The fourth-order valence-electron chi connectivity index (χ4n) is 2.28. The quantitative estimate of drug-likeness (QED) is 0.871. The highest BCUT2D eigenvalue weighted by molar-refractivity contribution is 5.13. The van der Waals surface area contributed by atoms with Crippen LogP contribution in [0.5, 0.6) is 0 Å². The molecule has 1 fully saturated rings. The number of rotatable bonds is 3. The Morgan fingerprint density at radius 1 is 1.29 bits per heavy atom. The smallest absolute Gasteiger partial charge is 0.0936 e. The molecule has 1 aliphatic heterocycles. The van der Waals surface area contributed by atoms with Crippen LogP contribution >= 0.6 is 0 Å². The van der Waals surface area contributed by atoms with E-state index in [0.29, 0.717) is 24.6 Å². The van der Waals surface area contributed by atoms with Gasteiger partial charge in [0.2, 0.25) is 0 Å². The predicted octanol–water partition coefficient (Wildman–Crippen LogP) is 2.18. The molecule has 0 aromatic heterocycles. The first kappa shape index (κ1) is 12.6. The van der Waals surface area contributed by atoms with Crippen LogP contribution in [0.2, 0.25) is 0 Å². The van der Waals surface area contributed by atoms with Gasteiger partial charge in [-0.2, -0.15) is 5.06 Å². The summed E-state index contributed by atoms with van der Waals surface area (Å²) < 4.78 is 0. The van der Waals surface area contributed by atoms with Gasteiger partial charge >= 0.3 is 0 Å². The zero-order valence-corrected chi connectivity index (χ0v) is 10.7. The van der Waals surface area contributed by atoms with E-state index < -0.39 is 0 Å². The van der Waals surface area contributed by atoms with Crippen molar-refractivity contribution in [1.29, 1.82) is 0 Å². The standard InChI is InChI=1S/C14H22N2O/c1-11-12(2)16(9-8-14(11)15)17-10-13-6-4-3-5-7-13/h3-7,11-12,14H,8-10,15H2,1-2H3. The van der Waals surface area contributed by atoms with Gasteiger partial charge < -0.3 is 5.73 Å². The number of hydroxylamine groups is 2. The van der Waals surface area contributed by atoms with Crippen LogP contribution in [0.1, 0.15) is 25.8 Å². The van der Waals surface area contributed by atoms with Crippen molar-refractivity contribution in [2.45, 2.75) is 39.0 Å². The molecule has 0 radical (unpaired) electrons. The highest BCUT2D eigenvalue weighted by Gasteiger charge is 2.30. The van der Waals surface area contributed by atoms with Gasteiger partial charge in [-0.15, -0.1) is 0 Å². The normalized spacial score (nSPS) is 30.4. The zero-order valence-electron chi connectivity index (χ0n) is 10.7. The van der Waals surface area contributed by atoms with Crippen LogP contribution in [0.3, 0.4) is 0 Å². The minimum atomic E-state index is 0.307. The Bertz CT molecular complexity index is 341. The number of benzene rings is 1. The SMILES string of the molecule is CC1C(N)CCN(OCc2ccccc2)C1C. The molecule has 17 heavy (non-hydrogen) atoms. The Morgan fingerprint density at radius 3 is 2.71 bits per heavy atom. The summed E-state index contributed by atoms with van der Waals surface area (Å²) in [6, 6.07) is 11.0. The third-order valence-corrected chi connectivity index (χ3v) is 3.81. The number of piperidine rings is 1. The Hall–Kier alpha value is -0.900. The highest BCUT2D eigenvalue weighted by Crippen LogP contribution is 2.22. The maximum Gasteiger partial charge on any atom is 0.0936 e. The van der Waals surface area contributed by atoms with E-state index in [1.54, 1.807) is 0 Å². The molecule has 0 spiro atoms. The first-order valence-corrected chi connectivity index (χ1v) is 6.37. The molecular weight excluding hydrogens is 212 g/mol. The maximum absolute atomic E-state index is 6.06. The Labute approximate surface area is 104 Å². The summed E-state index contributed by atoms with van der Waals surface area (Å²) in [7, 11) is 0. The Morgan fingerprint density at radius 2 is 2.00 bits per heavy atom. The molecule has 3 heteroatoms. The second-order valence-corrected chi connectivity index (χ2v) is 4.95. The van der Waals surface area contributed by atoms with Crippen molar-refractivity contribution in [2.24, 2.45) is 11.7 Å². The lowest BCUT2D eigenvalue weighted by Gasteiger charge is -2.40. The van der Waals surface area contributed by atoms with Crippen LogP contribution < -0.4 is 5.73 Å². The van der Waals surface area contributed by atoms with Gasteiger partial charge in [-0.05, 0) is 24.8 Å². The molecule has 0 bridgehead atoms. The fourth-order valence-corrected chi connectivity index (χ4v) is 2.28. The number of nitrogens with two attached hydrogens (primary N) is 1. The summed E-state index contributed by atoms with van der Waals surface area (Å²) >= 11 is 0. The lowest BCUT2D eigenvalue weighted by Crippen LogP contribution is -2.51. The van der Waals surface area contributed by atoms with Gasteiger partial charge in [0.05, 0.1) is 6.61 Å². The van der Waals surface area contributed by atoms with Crippen LogP contribution in [0.15, 0.2) is 30.3 Å².